The Labute approximate surface area is 166 Å². The number of aromatic amines is 1. The fourth-order valence-corrected chi connectivity index (χ4v) is 3.43. The summed E-state index contributed by atoms with van der Waals surface area (Å²) in [6, 6.07) is 13.6. The molecule has 2 heterocycles. The molecule has 142 valence electrons. The van der Waals surface area contributed by atoms with Gasteiger partial charge >= 0.3 is 0 Å². The van der Waals surface area contributed by atoms with Crippen molar-refractivity contribution in [3.05, 3.63) is 53.9 Å². The van der Waals surface area contributed by atoms with Crippen molar-refractivity contribution in [2.75, 3.05) is 18.2 Å². The molecular weight excluding hydrogens is 374 g/mol. The molecule has 0 atom stereocenters. The van der Waals surface area contributed by atoms with Gasteiger partial charge < -0.3 is 20.8 Å². The molecule has 0 aliphatic carbocycles. The normalized spacial score (nSPS) is 10.9. The van der Waals surface area contributed by atoms with Gasteiger partial charge in [-0.05, 0) is 30.7 Å². The molecule has 0 saturated carbocycles. The van der Waals surface area contributed by atoms with Crippen LogP contribution in [-0.2, 0) is 5.75 Å². The fraction of sp³-hybridized carbons (Fsp3) is 0.158. The zero-order valence-corrected chi connectivity index (χ0v) is 16.2. The Kier molecular flexibility index (Phi) is 4.98. The minimum Gasteiger partial charge on any atom is -0.497 e. The molecule has 0 aliphatic rings. The lowest BCUT2D eigenvalue weighted by Gasteiger charge is -2.09. The van der Waals surface area contributed by atoms with Crippen molar-refractivity contribution in [2.24, 2.45) is 0 Å². The molecule has 0 aliphatic heterocycles. The van der Waals surface area contributed by atoms with E-state index in [9.17, 15) is 0 Å². The lowest BCUT2D eigenvalue weighted by Crippen LogP contribution is -2.07. The summed E-state index contributed by atoms with van der Waals surface area (Å²) >= 11 is 1.50. The molecule has 4 N–H and O–H groups in total. The number of rotatable bonds is 6. The van der Waals surface area contributed by atoms with Crippen LogP contribution in [0.2, 0.25) is 0 Å². The second-order valence-corrected chi connectivity index (χ2v) is 7.05. The quantitative estimate of drug-likeness (QED) is 0.425. The SMILES string of the molecule is COc1ccc2nc(SCc3nc(N)nc(Nc4ccccc4C)n3)[nH]c2c1. The number of imidazole rings is 1. The molecule has 4 aromatic rings. The summed E-state index contributed by atoms with van der Waals surface area (Å²) in [5.41, 5.74) is 9.68. The molecule has 0 bridgehead atoms. The number of aryl methyl sites for hydroxylation is 1. The van der Waals surface area contributed by atoms with E-state index in [1.54, 1.807) is 7.11 Å². The number of thioether (sulfide) groups is 1. The molecule has 2 aromatic carbocycles. The number of para-hydroxylation sites is 1. The Morgan fingerprint density at radius 1 is 1.11 bits per heavy atom. The Hall–Kier alpha value is -3.33. The molecule has 2 aromatic heterocycles. The predicted molar refractivity (Wildman–Crippen MR) is 111 cm³/mol. The van der Waals surface area contributed by atoms with Crippen LogP contribution in [0.3, 0.4) is 0 Å². The minimum atomic E-state index is 0.177. The molecule has 0 spiro atoms. The summed E-state index contributed by atoms with van der Waals surface area (Å²) in [5, 5.41) is 3.97. The number of nitrogens with zero attached hydrogens (tertiary/aromatic N) is 4. The van der Waals surface area contributed by atoms with E-state index in [-0.39, 0.29) is 5.95 Å². The van der Waals surface area contributed by atoms with Crippen molar-refractivity contribution >= 4 is 40.4 Å². The van der Waals surface area contributed by atoms with Crippen LogP contribution in [0, 0.1) is 6.92 Å². The van der Waals surface area contributed by atoms with E-state index >= 15 is 0 Å². The van der Waals surface area contributed by atoms with Gasteiger partial charge in [0, 0.05) is 11.8 Å². The molecule has 9 heteroatoms. The average molecular weight is 393 g/mol. The summed E-state index contributed by atoms with van der Waals surface area (Å²) in [4.78, 5) is 20.7. The number of nitrogens with one attached hydrogen (secondary N) is 2. The maximum absolute atomic E-state index is 5.86. The zero-order valence-electron chi connectivity index (χ0n) is 15.4. The third kappa shape index (κ3) is 3.99. The van der Waals surface area contributed by atoms with Crippen LogP contribution in [0.15, 0.2) is 47.6 Å². The van der Waals surface area contributed by atoms with Crippen molar-refractivity contribution in [3.63, 3.8) is 0 Å². The first kappa shape index (κ1) is 18.1. The summed E-state index contributed by atoms with van der Waals surface area (Å²) in [7, 11) is 1.64. The largest absolute Gasteiger partial charge is 0.497 e. The Morgan fingerprint density at radius 3 is 2.79 bits per heavy atom. The lowest BCUT2D eigenvalue weighted by atomic mass is 10.2. The summed E-state index contributed by atoms with van der Waals surface area (Å²) in [5.74, 6) is 2.46. The number of fused-ring (bicyclic) bond motifs is 1. The monoisotopic (exact) mass is 393 g/mol. The average Bonchev–Trinajstić information content (AvgIpc) is 3.10. The van der Waals surface area contributed by atoms with E-state index in [0.717, 1.165) is 33.2 Å². The fourth-order valence-electron chi connectivity index (χ4n) is 2.69. The van der Waals surface area contributed by atoms with Gasteiger partial charge in [0.2, 0.25) is 11.9 Å². The molecule has 0 radical (unpaired) electrons. The highest BCUT2D eigenvalue weighted by Crippen LogP contribution is 2.25. The van der Waals surface area contributed by atoms with Crippen LogP contribution in [0.4, 0.5) is 17.6 Å². The van der Waals surface area contributed by atoms with Crippen molar-refractivity contribution in [3.8, 4) is 5.75 Å². The number of nitrogen functional groups attached to an aromatic ring is 1. The summed E-state index contributed by atoms with van der Waals surface area (Å²) < 4.78 is 5.24. The van der Waals surface area contributed by atoms with Crippen LogP contribution in [-0.4, -0.2) is 32.0 Å². The number of aromatic nitrogens is 5. The highest BCUT2D eigenvalue weighted by atomic mass is 32.2. The number of nitrogens with two attached hydrogens (primary N) is 1. The summed E-state index contributed by atoms with van der Waals surface area (Å²) in [6.07, 6.45) is 0. The first-order valence-electron chi connectivity index (χ1n) is 8.60. The second kappa shape index (κ2) is 7.73. The predicted octanol–water partition coefficient (Wildman–Crippen LogP) is 3.68. The van der Waals surface area contributed by atoms with Crippen LogP contribution >= 0.6 is 11.8 Å². The van der Waals surface area contributed by atoms with Gasteiger partial charge in [0.25, 0.3) is 0 Å². The minimum absolute atomic E-state index is 0.177. The molecule has 8 nitrogen and oxygen atoms in total. The maximum atomic E-state index is 5.86. The number of hydrogen-bond acceptors (Lipinski definition) is 8. The number of anilines is 3. The van der Waals surface area contributed by atoms with Gasteiger partial charge in [-0.15, -0.1) is 0 Å². The third-order valence-electron chi connectivity index (χ3n) is 4.10. The van der Waals surface area contributed by atoms with E-state index in [1.807, 2.05) is 49.4 Å². The first-order chi connectivity index (χ1) is 13.6. The van der Waals surface area contributed by atoms with Gasteiger partial charge in [-0.2, -0.15) is 15.0 Å². The molecule has 28 heavy (non-hydrogen) atoms. The molecule has 0 amide bonds. The zero-order chi connectivity index (χ0) is 19.5. The number of H-pyrrole nitrogens is 1. The standard InChI is InChI=1S/C19H19N7OS/c1-11-5-3-4-6-13(11)21-18-25-16(24-17(20)26-18)10-28-19-22-14-8-7-12(27-2)9-15(14)23-19/h3-9H,10H2,1-2H3,(H,22,23)(H3,20,21,24,25,26). The molecular formula is C19H19N7OS. The van der Waals surface area contributed by atoms with Crippen molar-refractivity contribution in [1.29, 1.82) is 0 Å². The highest BCUT2D eigenvalue weighted by molar-refractivity contribution is 7.98. The van der Waals surface area contributed by atoms with Gasteiger partial charge in [-0.1, -0.05) is 30.0 Å². The van der Waals surface area contributed by atoms with Crippen molar-refractivity contribution < 1.29 is 4.74 Å². The Balaban J connectivity index is 1.50. The van der Waals surface area contributed by atoms with Gasteiger partial charge in [0.05, 0.1) is 23.9 Å². The van der Waals surface area contributed by atoms with Crippen LogP contribution in [0.25, 0.3) is 11.0 Å². The Morgan fingerprint density at radius 2 is 1.96 bits per heavy atom. The second-order valence-electron chi connectivity index (χ2n) is 6.09. The molecule has 0 saturated heterocycles. The Bertz CT molecular complexity index is 1130. The van der Waals surface area contributed by atoms with E-state index in [4.69, 9.17) is 10.5 Å². The van der Waals surface area contributed by atoms with Crippen molar-refractivity contribution in [2.45, 2.75) is 17.8 Å². The molecule has 0 fully saturated rings. The van der Waals surface area contributed by atoms with E-state index in [1.165, 1.54) is 11.8 Å². The lowest BCUT2D eigenvalue weighted by molar-refractivity contribution is 0.415. The maximum Gasteiger partial charge on any atom is 0.232 e. The van der Waals surface area contributed by atoms with Gasteiger partial charge in [0.15, 0.2) is 5.16 Å². The first-order valence-corrected chi connectivity index (χ1v) is 9.59. The van der Waals surface area contributed by atoms with Gasteiger partial charge in [0.1, 0.15) is 11.6 Å². The van der Waals surface area contributed by atoms with E-state index in [0.29, 0.717) is 17.5 Å². The number of hydrogen-bond donors (Lipinski definition) is 3. The van der Waals surface area contributed by atoms with Crippen molar-refractivity contribution in [1.82, 2.24) is 24.9 Å². The molecule has 4 rings (SSSR count). The van der Waals surface area contributed by atoms with Crippen LogP contribution in [0.1, 0.15) is 11.4 Å². The summed E-state index contributed by atoms with van der Waals surface area (Å²) in [6.45, 7) is 2.01. The topological polar surface area (TPSA) is 115 Å². The highest BCUT2D eigenvalue weighted by Gasteiger charge is 2.09. The smallest absolute Gasteiger partial charge is 0.232 e. The van der Waals surface area contributed by atoms with Gasteiger partial charge in [-0.25, -0.2) is 4.98 Å². The number of methoxy groups -OCH3 is 1. The number of benzene rings is 2. The van der Waals surface area contributed by atoms with Crippen LogP contribution < -0.4 is 15.8 Å². The molecule has 0 unspecified atom stereocenters. The van der Waals surface area contributed by atoms with E-state index in [2.05, 4.69) is 30.2 Å². The number of ether oxygens (including phenoxy) is 1. The van der Waals surface area contributed by atoms with Gasteiger partial charge in [-0.3, -0.25) is 0 Å². The third-order valence-corrected chi connectivity index (χ3v) is 4.97. The van der Waals surface area contributed by atoms with Crippen LogP contribution in [0.5, 0.6) is 5.75 Å². The van der Waals surface area contributed by atoms with E-state index < -0.39 is 0 Å².